The Labute approximate surface area is 139 Å². The highest BCUT2D eigenvalue weighted by Gasteiger charge is 2.07. The van der Waals surface area contributed by atoms with Crippen LogP contribution < -0.4 is 5.32 Å². The largest absolute Gasteiger partial charge is 0.352 e. The number of benzene rings is 2. The second-order valence-electron chi connectivity index (χ2n) is 5.10. The summed E-state index contributed by atoms with van der Waals surface area (Å²) in [6.45, 7) is 0.536. The van der Waals surface area contributed by atoms with E-state index < -0.39 is 0 Å². The zero-order valence-corrected chi connectivity index (χ0v) is 13.2. The first kappa shape index (κ1) is 15.3. The number of halogens is 1. The molecule has 1 N–H and O–H groups in total. The minimum Gasteiger partial charge on any atom is -0.352 e. The minimum absolute atomic E-state index is 0.106. The third-order valence-corrected chi connectivity index (χ3v) is 3.88. The number of amides is 1. The van der Waals surface area contributed by atoms with Gasteiger partial charge >= 0.3 is 0 Å². The third kappa shape index (κ3) is 3.79. The summed E-state index contributed by atoms with van der Waals surface area (Å²) in [6.07, 6.45) is 4.25. The Morgan fingerprint density at radius 1 is 1.13 bits per heavy atom. The van der Waals surface area contributed by atoms with Gasteiger partial charge in [0.05, 0.1) is 5.69 Å². The van der Waals surface area contributed by atoms with Gasteiger partial charge < -0.3 is 5.32 Å². The lowest BCUT2D eigenvalue weighted by atomic mass is 10.1. The smallest absolute Gasteiger partial charge is 0.251 e. The summed E-state index contributed by atoms with van der Waals surface area (Å²) >= 11 is 6.11. The van der Waals surface area contributed by atoms with Crippen LogP contribution in [0.15, 0.2) is 67.0 Å². The first-order valence-electron chi connectivity index (χ1n) is 7.36. The molecule has 2 aromatic carbocycles. The van der Waals surface area contributed by atoms with E-state index in [-0.39, 0.29) is 5.91 Å². The van der Waals surface area contributed by atoms with Crippen molar-refractivity contribution in [3.05, 3.63) is 83.1 Å². The molecule has 0 aliphatic rings. The maximum absolute atomic E-state index is 12.3. The molecular weight excluding hydrogens is 310 g/mol. The SMILES string of the molecule is O=C(NCCc1ccccc1Cl)c1cccc(-n2cccn2)c1. The maximum Gasteiger partial charge on any atom is 0.251 e. The van der Waals surface area contributed by atoms with Gasteiger partial charge in [-0.25, -0.2) is 4.68 Å². The zero-order chi connectivity index (χ0) is 16.1. The second kappa shape index (κ2) is 7.11. The summed E-state index contributed by atoms with van der Waals surface area (Å²) in [5, 5.41) is 7.81. The van der Waals surface area contributed by atoms with Crippen molar-refractivity contribution in [2.45, 2.75) is 6.42 Å². The molecule has 116 valence electrons. The van der Waals surface area contributed by atoms with Crippen LogP contribution in [0.25, 0.3) is 5.69 Å². The highest BCUT2D eigenvalue weighted by molar-refractivity contribution is 6.31. The number of carbonyl (C=O) groups excluding carboxylic acids is 1. The molecule has 0 fully saturated rings. The molecule has 23 heavy (non-hydrogen) atoms. The van der Waals surface area contributed by atoms with Crippen molar-refractivity contribution in [3.8, 4) is 5.69 Å². The predicted octanol–water partition coefficient (Wildman–Crippen LogP) is 3.50. The van der Waals surface area contributed by atoms with Crippen LogP contribution in [0.3, 0.4) is 0 Å². The molecule has 0 saturated heterocycles. The number of aromatic nitrogens is 2. The van der Waals surface area contributed by atoms with Crippen LogP contribution in [-0.2, 0) is 6.42 Å². The Morgan fingerprint density at radius 3 is 2.78 bits per heavy atom. The van der Waals surface area contributed by atoms with E-state index in [4.69, 9.17) is 11.6 Å². The van der Waals surface area contributed by atoms with E-state index in [0.717, 1.165) is 16.3 Å². The molecule has 0 spiro atoms. The Morgan fingerprint density at radius 2 is 2.00 bits per heavy atom. The Bertz CT molecular complexity index is 800. The zero-order valence-electron chi connectivity index (χ0n) is 12.4. The van der Waals surface area contributed by atoms with E-state index in [1.165, 1.54) is 0 Å². The molecule has 4 nitrogen and oxygen atoms in total. The highest BCUT2D eigenvalue weighted by Crippen LogP contribution is 2.15. The molecule has 0 aliphatic heterocycles. The fourth-order valence-electron chi connectivity index (χ4n) is 2.33. The molecule has 0 saturated carbocycles. The Kier molecular flexibility index (Phi) is 4.74. The predicted molar refractivity (Wildman–Crippen MR) is 91.1 cm³/mol. The van der Waals surface area contributed by atoms with Gasteiger partial charge in [-0.15, -0.1) is 0 Å². The molecule has 5 heteroatoms. The highest BCUT2D eigenvalue weighted by atomic mass is 35.5. The summed E-state index contributed by atoms with van der Waals surface area (Å²) in [5.41, 5.74) is 2.49. The monoisotopic (exact) mass is 325 g/mol. The molecule has 0 bridgehead atoms. The van der Waals surface area contributed by atoms with Gasteiger partial charge in [0.15, 0.2) is 0 Å². The molecular formula is C18H16ClN3O. The minimum atomic E-state index is -0.106. The number of nitrogens with one attached hydrogen (secondary N) is 1. The normalized spacial score (nSPS) is 10.5. The molecule has 1 amide bonds. The van der Waals surface area contributed by atoms with Crippen molar-refractivity contribution < 1.29 is 4.79 Å². The van der Waals surface area contributed by atoms with E-state index in [2.05, 4.69) is 10.4 Å². The van der Waals surface area contributed by atoms with E-state index in [1.807, 2.05) is 54.7 Å². The van der Waals surface area contributed by atoms with E-state index in [0.29, 0.717) is 18.5 Å². The third-order valence-electron chi connectivity index (χ3n) is 3.52. The summed E-state index contributed by atoms with van der Waals surface area (Å²) in [5.74, 6) is -0.106. The van der Waals surface area contributed by atoms with Gasteiger partial charge in [0, 0.05) is 29.5 Å². The molecule has 3 rings (SSSR count). The number of rotatable bonds is 5. The lowest BCUT2D eigenvalue weighted by Crippen LogP contribution is -2.25. The number of hydrogen-bond acceptors (Lipinski definition) is 2. The molecule has 0 radical (unpaired) electrons. The van der Waals surface area contributed by atoms with Crippen LogP contribution in [0, 0.1) is 0 Å². The molecule has 0 unspecified atom stereocenters. The molecule has 0 aliphatic carbocycles. The summed E-state index contributed by atoms with van der Waals surface area (Å²) < 4.78 is 1.72. The molecule has 3 aromatic rings. The summed E-state index contributed by atoms with van der Waals surface area (Å²) in [6, 6.07) is 16.9. The quantitative estimate of drug-likeness (QED) is 0.780. The lowest BCUT2D eigenvalue weighted by Gasteiger charge is -2.08. The first-order valence-corrected chi connectivity index (χ1v) is 7.73. The fourth-order valence-corrected chi connectivity index (χ4v) is 2.56. The van der Waals surface area contributed by atoms with Crippen LogP contribution >= 0.6 is 11.6 Å². The van der Waals surface area contributed by atoms with Crippen molar-refractivity contribution in [1.29, 1.82) is 0 Å². The van der Waals surface area contributed by atoms with Crippen molar-refractivity contribution in [1.82, 2.24) is 15.1 Å². The van der Waals surface area contributed by atoms with Gasteiger partial charge in [-0.2, -0.15) is 5.10 Å². The van der Waals surface area contributed by atoms with Gasteiger partial charge in [0.2, 0.25) is 0 Å². The number of hydrogen-bond donors (Lipinski definition) is 1. The maximum atomic E-state index is 12.3. The van der Waals surface area contributed by atoms with Crippen LogP contribution in [-0.4, -0.2) is 22.2 Å². The average molecular weight is 326 g/mol. The van der Waals surface area contributed by atoms with Crippen molar-refractivity contribution in [3.63, 3.8) is 0 Å². The van der Waals surface area contributed by atoms with Crippen molar-refractivity contribution in [2.75, 3.05) is 6.54 Å². The van der Waals surface area contributed by atoms with E-state index >= 15 is 0 Å². The van der Waals surface area contributed by atoms with Gasteiger partial charge in [0.25, 0.3) is 5.91 Å². The summed E-state index contributed by atoms with van der Waals surface area (Å²) in [7, 11) is 0. The lowest BCUT2D eigenvalue weighted by molar-refractivity contribution is 0.0954. The number of nitrogens with zero attached hydrogens (tertiary/aromatic N) is 2. The van der Waals surface area contributed by atoms with Crippen LogP contribution in [0.1, 0.15) is 15.9 Å². The molecule has 0 atom stereocenters. The van der Waals surface area contributed by atoms with E-state index in [9.17, 15) is 4.79 Å². The summed E-state index contributed by atoms with van der Waals surface area (Å²) in [4.78, 5) is 12.3. The van der Waals surface area contributed by atoms with Gasteiger partial charge in [-0.3, -0.25) is 4.79 Å². The Hall–Kier alpha value is -2.59. The van der Waals surface area contributed by atoms with Gasteiger partial charge in [0.1, 0.15) is 0 Å². The average Bonchev–Trinajstić information content (AvgIpc) is 3.11. The fraction of sp³-hybridized carbons (Fsp3) is 0.111. The van der Waals surface area contributed by atoms with Crippen LogP contribution in [0.4, 0.5) is 0 Å². The number of carbonyl (C=O) groups is 1. The van der Waals surface area contributed by atoms with E-state index in [1.54, 1.807) is 16.9 Å². The van der Waals surface area contributed by atoms with Gasteiger partial charge in [-0.05, 0) is 42.3 Å². The van der Waals surface area contributed by atoms with Crippen LogP contribution in [0.5, 0.6) is 0 Å². The topological polar surface area (TPSA) is 46.9 Å². The standard InChI is InChI=1S/C18H16ClN3O/c19-17-8-2-1-5-14(17)9-11-20-18(23)15-6-3-7-16(13-15)22-12-4-10-21-22/h1-8,10,12-13H,9,11H2,(H,20,23). The molecule has 1 aromatic heterocycles. The van der Waals surface area contributed by atoms with Gasteiger partial charge in [-0.1, -0.05) is 35.9 Å². The first-order chi connectivity index (χ1) is 11.2. The van der Waals surface area contributed by atoms with Crippen LogP contribution in [0.2, 0.25) is 5.02 Å². The van der Waals surface area contributed by atoms with Crippen molar-refractivity contribution >= 4 is 17.5 Å². The molecule has 1 heterocycles. The second-order valence-corrected chi connectivity index (χ2v) is 5.51. The Balaban J connectivity index is 1.63. The van der Waals surface area contributed by atoms with Crippen molar-refractivity contribution in [2.24, 2.45) is 0 Å².